The number of hydrogen-bond donors (Lipinski definition) is 1. The minimum absolute atomic E-state index is 0.0616. The molecule has 0 bridgehead atoms. The highest BCUT2D eigenvalue weighted by Gasteiger charge is 2.35. The second kappa shape index (κ2) is 16.5. The lowest BCUT2D eigenvalue weighted by Crippen LogP contribution is -2.54. The van der Waals surface area contributed by atoms with Gasteiger partial charge in [0.2, 0.25) is 11.8 Å². The van der Waals surface area contributed by atoms with E-state index in [1.54, 1.807) is 24.3 Å². The third-order valence-corrected chi connectivity index (χ3v) is 10.4. The average Bonchev–Trinajstić information content (AvgIpc) is 3.08. The SMILES string of the molecule is CCOc1ccc(N(CC(=O)N(Cc2ccccc2C)[C@H](CC)C(=O)NC2CCCCC2)S(=O)(=O)c2ccc(OC)c(OC)c2)cc1. The fraction of sp³-hybridized carbons (Fsp3) is 0.444. The molecule has 3 aromatic rings. The van der Waals surface area contributed by atoms with Crippen molar-refractivity contribution >= 4 is 27.5 Å². The van der Waals surface area contributed by atoms with Crippen LogP contribution in [0.25, 0.3) is 0 Å². The predicted octanol–water partition coefficient (Wildman–Crippen LogP) is 5.86. The van der Waals surface area contributed by atoms with E-state index in [-0.39, 0.29) is 34.8 Å². The molecular formula is C36H47N3O7S. The Labute approximate surface area is 279 Å². The van der Waals surface area contributed by atoms with Gasteiger partial charge in [-0.05, 0) is 80.6 Å². The Kier molecular flexibility index (Phi) is 12.5. The molecule has 0 aliphatic heterocycles. The Hall–Kier alpha value is -4.25. The Morgan fingerprint density at radius 3 is 2.21 bits per heavy atom. The van der Waals surface area contributed by atoms with E-state index in [1.807, 2.05) is 45.0 Å². The molecular weight excluding hydrogens is 618 g/mol. The highest BCUT2D eigenvalue weighted by molar-refractivity contribution is 7.92. The Morgan fingerprint density at radius 2 is 1.60 bits per heavy atom. The molecule has 10 nitrogen and oxygen atoms in total. The molecule has 0 radical (unpaired) electrons. The van der Waals surface area contributed by atoms with E-state index in [2.05, 4.69) is 5.32 Å². The van der Waals surface area contributed by atoms with E-state index in [9.17, 15) is 18.0 Å². The van der Waals surface area contributed by atoms with Crippen molar-refractivity contribution in [2.24, 2.45) is 0 Å². The molecule has 254 valence electrons. The van der Waals surface area contributed by atoms with Crippen LogP contribution in [-0.2, 0) is 26.2 Å². The molecule has 47 heavy (non-hydrogen) atoms. The number of nitrogens with one attached hydrogen (secondary N) is 1. The first kappa shape index (κ1) is 35.6. The lowest BCUT2D eigenvalue weighted by molar-refractivity contribution is -0.140. The number of carbonyl (C=O) groups excluding carboxylic acids is 2. The van der Waals surface area contributed by atoms with Crippen molar-refractivity contribution in [3.05, 3.63) is 77.9 Å². The van der Waals surface area contributed by atoms with E-state index in [0.29, 0.717) is 24.5 Å². The number of hydrogen-bond acceptors (Lipinski definition) is 7. The van der Waals surface area contributed by atoms with E-state index in [1.165, 1.54) is 37.3 Å². The lowest BCUT2D eigenvalue weighted by Gasteiger charge is -2.34. The van der Waals surface area contributed by atoms with Gasteiger partial charge in [-0.1, -0.05) is 50.5 Å². The third-order valence-electron chi connectivity index (χ3n) is 8.60. The molecule has 11 heteroatoms. The Bertz CT molecular complexity index is 1610. The maximum Gasteiger partial charge on any atom is 0.264 e. The first-order valence-corrected chi connectivity index (χ1v) is 17.7. The molecule has 1 N–H and O–H groups in total. The zero-order chi connectivity index (χ0) is 34.0. The zero-order valence-corrected chi connectivity index (χ0v) is 28.8. The normalized spacial score (nSPS) is 14.1. The molecule has 1 saturated carbocycles. The smallest absolute Gasteiger partial charge is 0.264 e. The van der Waals surface area contributed by atoms with Crippen molar-refractivity contribution in [2.75, 3.05) is 31.7 Å². The largest absolute Gasteiger partial charge is 0.494 e. The van der Waals surface area contributed by atoms with Gasteiger partial charge in [0.15, 0.2) is 11.5 Å². The molecule has 1 aliphatic carbocycles. The number of benzene rings is 3. The van der Waals surface area contributed by atoms with Gasteiger partial charge in [-0.15, -0.1) is 0 Å². The summed E-state index contributed by atoms with van der Waals surface area (Å²) in [4.78, 5) is 29.7. The summed E-state index contributed by atoms with van der Waals surface area (Å²) in [6.45, 7) is 5.74. The first-order chi connectivity index (χ1) is 22.6. The summed E-state index contributed by atoms with van der Waals surface area (Å²) in [6.07, 6.45) is 5.43. The fourth-order valence-electron chi connectivity index (χ4n) is 5.94. The number of nitrogens with zero attached hydrogens (tertiary/aromatic N) is 2. The molecule has 1 fully saturated rings. The van der Waals surface area contributed by atoms with E-state index in [4.69, 9.17) is 14.2 Å². The molecule has 3 aromatic carbocycles. The standard InChI is InChI=1S/C36H47N3O7S/c1-6-32(36(41)37-28-15-9-8-10-16-28)38(24-27-14-12-11-13-26(27)3)35(40)25-39(29-17-19-30(20-18-29)46-7-2)47(42,43)31-21-22-33(44-4)34(23-31)45-5/h11-14,17-23,28,32H,6-10,15-16,24-25H2,1-5H3,(H,37,41)/t32-/m1/s1. The predicted molar refractivity (Wildman–Crippen MR) is 183 cm³/mol. The van der Waals surface area contributed by atoms with Crippen molar-refractivity contribution in [2.45, 2.75) is 82.8 Å². The topological polar surface area (TPSA) is 114 Å². The van der Waals surface area contributed by atoms with E-state index in [0.717, 1.165) is 47.5 Å². The van der Waals surface area contributed by atoms with Gasteiger partial charge in [0.05, 0.1) is 31.4 Å². The van der Waals surface area contributed by atoms with Crippen molar-refractivity contribution < 1.29 is 32.2 Å². The van der Waals surface area contributed by atoms with Crippen LogP contribution in [-0.4, -0.2) is 64.6 Å². The van der Waals surface area contributed by atoms with Gasteiger partial charge < -0.3 is 24.4 Å². The molecule has 1 atom stereocenters. The number of aryl methyl sites for hydroxylation is 1. The molecule has 0 unspecified atom stereocenters. The lowest BCUT2D eigenvalue weighted by atomic mass is 9.95. The monoisotopic (exact) mass is 665 g/mol. The summed E-state index contributed by atoms with van der Waals surface area (Å²) in [5, 5.41) is 3.18. The number of sulfonamides is 1. The molecule has 0 spiro atoms. The van der Waals surface area contributed by atoms with Gasteiger partial charge in [0.25, 0.3) is 10.0 Å². The summed E-state index contributed by atoms with van der Waals surface area (Å²) in [6, 6.07) is 17.8. The van der Waals surface area contributed by atoms with E-state index < -0.39 is 28.5 Å². The van der Waals surface area contributed by atoms with Crippen LogP contribution < -0.4 is 23.8 Å². The highest BCUT2D eigenvalue weighted by atomic mass is 32.2. The Morgan fingerprint density at radius 1 is 0.915 bits per heavy atom. The second-order valence-electron chi connectivity index (χ2n) is 11.7. The van der Waals surface area contributed by atoms with Gasteiger partial charge in [-0.3, -0.25) is 13.9 Å². The molecule has 2 amide bonds. The summed E-state index contributed by atoms with van der Waals surface area (Å²) in [5.74, 6) is 0.443. The van der Waals surface area contributed by atoms with Crippen molar-refractivity contribution in [1.82, 2.24) is 10.2 Å². The number of ether oxygens (including phenoxy) is 3. The summed E-state index contributed by atoms with van der Waals surface area (Å²) < 4.78 is 46.1. The van der Waals surface area contributed by atoms with Crippen LogP contribution in [0.4, 0.5) is 5.69 Å². The quantitative estimate of drug-likeness (QED) is 0.216. The molecule has 1 aliphatic rings. The van der Waals surface area contributed by atoms with Crippen LogP contribution in [0, 0.1) is 6.92 Å². The van der Waals surface area contributed by atoms with Crippen LogP contribution in [0.1, 0.15) is 63.5 Å². The number of amides is 2. The summed E-state index contributed by atoms with van der Waals surface area (Å²) in [7, 11) is -1.42. The third kappa shape index (κ3) is 8.77. The van der Waals surface area contributed by atoms with Gasteiger partial charge in [-0.25, -0.2) is 8.42 Å². The van der Waals surface area contributed by atoms with Crippen LogP contribution in [0.2, 0.25) is 0 Å². The first-order valence-electron chi connectivity index (χ1n) is 16.2. The van der Waals surface area contributed by atoms with Crippen LogP contribution in [0.3, 0.4) is 0 Å². The van der Waals surface area contributed by atoms with Crippen molar-refractivity contribution in [1.29, 1.82) is 0 Å². The number of rotatable bonds is 15. The number of methoxy groups -OCH3 is 2. The molecule has 0 saturated heterocycles. The van der Waals surface area contributed by atoms with Crippen LogP contribution in [0.15, 0.2) is 71.6 Å². The van der Waals surface area contributed by atoms with Crippen molar-refractivity contribution in [3.63, 3.8) is 0 Å². The molecule has 4 rings (SSSR count). The van der Waals surface area contributed by atoms with Gasteiger partial charge in [-0.2, -0.15) is 0 Å². The number of anilines is 1. The molecule has 0 aromatic heterocycles. The van der Waals surface area contributed by atoms with Gasteiger partial charge in [0.1, 0.15) is 18.3 Å². The second-order valence-corrected chi connectivity index (χ2v) is 13.5. The van der Waals surface area contributed by atoms with Crippen LogP contribution in [0.5, 0.6) is 17.2 Å². The average molecular weight is 666 g/mol. The maximum atomic E-state index is 14.5. The van der Waals surface area contributed by atoms with Gasteiger partial charge in [0, 0.05) is 18.7 Å². The number of carbonyl (C=O) groups is 2. The summed E-state index contributed by atoms with van der Waals surface area (Å²) in [5.41, 5.74) is 2.11. The summed E-state index contributed by atoms with van der Waals surface area (Å²) >= 11 is 0. The molecule has 0 heterocycles. The van der Waals surface area contributed by atoms with Gasteiger partial charge >= 0.3 is 0 Å². The fourth-order valence-corrected chi connectivity index (χ4v) is 7.37. The maximum absolute atomic E-state index is 14.5. The minimum atomic E-state index is -4.31. The highest BCUT2D eigenvalue weighted by Crippen LogP contribution is 2.33. The zero-order valence-electron chi connectivity index (χ0n) is 28.0. The van der Waals surface area contributed by atoms with Crippen LogP contribution >= 0.6 is 0 Å². The Balaban J connectivity index is 1.75. The van der Waals surface area contributed by atoms with E-state index >= 15 is 0 Å². The van der Waals surface area contributed by atoms with Crippen molar-refractivity contribution in [3.8, 4) is 17.2 Å². The minimum Gasteiger partial charge on any atom is -0.494 e.